The average Bonchev–Trinajstić information content (AvgIpc) is 2.69. The fourth-order valence-corrected chi connectivity index (χ4v) is 3.39. The fraction of sp³-hybridized carbons (Fsp3) is 0.286. The molecule has 2 amide bonds. The molecule has 0 spiro atoms. The van der Waals surface area contributed by atoms with Gasteiger partial charge in [0.05, 0.1) is 22.1 Å². The minimum absolute atomic E-state index is 0.105. The van der Waals surface area contributed by atoms with E-state index in [2.05, 4.69) is 15.5 Å². The number of rotatable bonds is 5. The van der Waals surface area contributed by atoms with Crippen LogP contribution in [0.15, 0.2) is 41.2 Å². The number of amides is 2. The van der Waals surface area contributed by atoms with Gasteiger partial charge < -0.3 is 10.2 Å². The number of hydrogen-bond acceptors (Lipinski definition) is 3. The summed E-state index contributed by atoms with van der Waals surface area (Å²) in [6.07, 6.45) is 0. The highest BCUT2D eigenvalue weighted by molar-refractivity contribution is 6.31. The van der Waals surface area contributed by atoms with E-state index in [1.807, 2.05) is 13.8 Å². The van der Waals surface area contributed by atoms with Crippen LogP contribution in [0.1, 0.15) is 32.5 Å². The van der Waals surface area contributed by atoms with Crippen LogP contribution >= 0.6 is 11.6 Å². The lowest BCUT2D eigenvalue weighted by Gasteiger charge is -2.31. The summed E-state index contributed by atoms with van der Waals surface area (Å²) in [5.41, 5.74) is 0.257. The van der Waals surface area contributed by atoms with Crippen LogP contribution in [-0.4, -0.2) is 27.7 Å². The first-order chi connectivity index (χ1) is 14.2. The lowest BCUT2D eigenvalue weighted by atomic mass is 10.0. The molecule has 1 aromatic heterocycles. The molecular formula is C21H21ClF2N4O2. The Hall–Kier alpha value is -3.00. The molecule has 0 saturated carbocycles. The monoisotopic (exact) mass is 434 g/mol. The summed E-state index contributed by atoms with van der Waals surface area (Å²) in [5, 5.41) is 9.72. The molecule has 6 nitrogen and oxygen atoms in total. The Morgan fingerprint density at radius 3 is 2.57 bits per heavy atom. The molecule has 0 aliphatic heterocycles. The molecule has 9 heteroatoms. The van der Waals surface area contributed by atoms with E-state index in [4.69, 9.17) is 11.6 Å². The normalized spacial score (nSPS) is 12.2. The average molecular weight is 435 g/mol. The van der Waals surface area contributed by atoms with Gasteiger partial charge in [-0.1, -0.05) is 25.4 Å². The number of anilines is 1. The van der Waals surface area contributed by atoms with Crippen molar-refractivity contribution in [3.05, 3.63) is 69.1 Å². The summed E-state index contributed by atoms with van der Waals surface area (Å²) in [4.78, 5) is 26.6. The van der Waals surface area contributed by atoms with Crippen molar-refractivity contribution in [1.29, 1.82) is 0 Å². The fourth-order valence-electron chi connectivity index (χ4n) is 3.20. The zero-order chi connectivity index (χ0) is 22.0. The van der Waals surface area contributed by atoms with Gasteiger partial charge in [0, 0.05) is 17.6 Å². The van der Waals surface area contributed by atoms with Crippen molar-refractivity contribution in [2.45, 2.75) is 26.8 Å². The maximum Gasteiger partial charge on any atom is 0.322 e. The number of aromatic amines is 1. The maximum absolute atomic E-state index is 13.6. The van der Waals surface area contributed by atoms with Gasteiger partial charge in [-0.2, -0.15) is 5.10 Å². The molecule has 0 bridgehead atoms. The van der Waals surface area contributed by atoms with Crippen LogP contribution in [0.5, 0.6) is 0 Å². The van der Waals surface area contributed by atoms with Gasteiger partial charge in [-0.25, -0.2) is 18.7 Å². The number of nitrogens with one attached hydrogen (secondary N) is 2. The Kier molecular flexibility index (Phi) is 6.36. The van der Waals surface area contributed by atoms with Crippen molar-refractivity contribution < 1.29 is 13.6 Å². The Balaban J connectivity index is 1.98. The van der Waals surface area contributed by atoms with E-state index in [9.17, 15) is 18.4 Å². The summed E-state index contributed by atoms with van der Waals surface area (Å²) in [5.74, 6) is -0.998. The van der Waals surface area contributed by atoms with Gasteiger partial charge in [0.15, 0.2) is 0 Å². The number of H-pyrrole nitrogens is 1. The van der Waals surface area contributed by atoms with Crippen LogP contribution in [0.25, 0.3) is 10.8 Å². The maximum atomic E-state index is 13.6. The molecule has 2 aromatic carbocycles. The zero-order valence-electron chi connectivity index (χ0n) is 16.7. The van der Waals surface area contributed by atoms with E-state index < -0.39 is 29.3 Å². The number of aromatic nitrogens is 2. The number of benzene rings is 2. The predicted octanol–water partition coefficient (Wildman–Crippen LogP) is 5.11. The van der Waals surface area contributed by atoms with Crippen LogP contribution in [0, 0.1) is 17.6 Å². The second-order valence-electron chi connectivity index (χ2n) is 7.41. The number of hydrogen-bond donors (Lipinski definition) is 2. The second-order valence-corrected chi connectivity index (χ2v) is 7.82. The highest BCUT2D eigenvalue weighted by Crippen LogP contribution is 2.27. The molecule has 1 atom stereocenters. The lowest BCUT2D eigenvalue weighted by Crippen LogP contribution is -2.40. The predicted molar refractivity (Wildman–Crippen MR) is 113 cm³/mol. The van der Waals surface area contributed by atoms with Gasteiger partial charge in [0.25, 0.3) is 5.56 Å². The largest absolute Gasteiger partial charge is 0.322 e. The number of halogens is 3. The quantitative estimate of drug-likeness (QED) is 0.586. The Bertz CT molecular complexity index is 1150. The topological polar surface area (TPSA) is 78.1 Å². The molecule has 3 aromatic rings. The minimum atomic E-state index is -0.585. The molecule has 30 heavy (non-hydrogen) atoms. The van der Waals surface area contributed by atoms with Crippen LogP contribution in [0.4, 0.5) is 19.3 Å². The minimum Gasteiger partial charge on any atom is -0.316 e. The molecule has 2 N–H and O–H groups in total. The van der Waals surface area contributed by atoms with Crippen molar-refractivity contribution in [2.75, 3.05) is 11.9 Å². The van der Waals surface area contributed by atoms with Gasteiger partial charge in [0.1, 0.15) is 11.6 Å². The molecule has 0 fully saturated rings. The molecule has 0 unspecified atom stereocenters. The summed E-state index contributed by atoms with van der Waals surface area (Å²) in [7, 11) is 0. The van der Waals surface area contributed by atoms with E-state index in [1.165, 1.54) is 30.3 Å². The van der Waals surface area contributed by atoms with E-state index in [1.54, 1.807) is 11.8 Å². The van der Waals surface area contributed by atoms with Crippen LogP contribution < -0.4 is 10.9 Å². The molecule has 0 saturated heterocycles. The third-order valence-electron chi connectivity index (χ3n) is 4.64. The van der Waals surface area contributed by atoms with Gasteiger partial charge in [-0.15, -0.1) is 0 Å². The third-order valence-corrected chi connectivity index (χ3v) is 4.93. The van der Waals surface area contributed by atoms with Crippen LogP contribution in [0.3, 0.4) is 0 Å². The molecule has 0 aliphatic rings. The first-order valence-electron chi connectivity index (χ1n) is 9.38. The van der Waals surface area contributed by atoms with E-state index in [0.29, 0.717) is 23.3 Å². The summed E-state index contributed by atoms with van der Waals surface area (Å²) < 4.78 is 27.0. The van der Waals surface area contributed by atoms with Gasteiger partial charge in [-0.3, -0.25) is 4.79 Å². The van der Waals surface area contributed by atoms with Gasteiger partial charge in [0.2, 0.25) is 0 Å². The van der Waals surface area contributed by atoms with Crippen molar-refractivity contribution in [3.8, 4) is 0 Å². The number of carbonyl (C=O) groups is 1. The first kappa shape index (κ1) is 21.7. The lowest BCUT2D eigenvalue weighted by molar-refractivity contribution is 0.182. The molecular weight excluding hydrogens is 414 g/mol. The van der Waals surface area contributed by atoms with Gasteiger partial charge in [-0.05, 0) is 49.2 Å². The number of urea groups is 1. The third kappa shape index (κ3) is 4.59. The van der Waals surface area contributed by atoms with Crippen molar-refractivity contribution >= 4 is 34.1 Å². The summed E-state index contributed by atoms with van der Waals surface area (Å²) >= 11 is 5.80. The Labute approximate surface area is 176 Å². The van der Waals surface area contributed by atoms with Crippen molar-refractivity contribution in [2.24, 2.45) is 5.92 Å². The number of carbonyl (C=O) groups excluding carboxylic acids is 1. The SMILES string of the molecule is CC(C)CN(C(=O)Nc1ccc(F)c(Cl)c1)[C@H](C)c1n[nH]c(=O)c2cc(F)ccc12. The Morgan fingerprint density at radius 1 is 1.17 bits per heavy atom. The zero-order valence-corrected chi connectivity index (χ0v) is 17.4. The van der Waals surface area contributed by atoms with E-state index in [-0.39, 0.29) is 16.3 Å². The van der Waals surface area contributed by atoms with Crippen LogP contribution in [-0.2, 0) is 0 Å². The van der Waals surface area contributed by atoms with Crippen molar-refractivity contribution in [3.63, 3.8) is 0 Å². The highest BCUT2D eigenvalue weighted by Gasteiger charge is 2.26. The second kappa shape index (κ2) is 8.79. The Morgan fingerprint density at radius 2 is 1.90 bits per heavy atom. The summed E-state index contributed by atoms with van der Waals surface area (Å²) in [6.45, 7) is 6.06. The molecule has 3 rings (SSSR count). The molecule has 0 radical (unpaired) electrons. The van der Waals surface area contributed by atoms with Crippen molar-refractivity contribution in [1.82, 2.24) is 15.1 Å². The van der Waals surface area contributed by atoms with Crippen LogP contribution in [0.2, 0.25) is 5.02 Å². The smallest absolute Gasteiger partial charge is 0.316 e. The number of nitrogens with zero attached hydrogens (tertiary/aromatic N) is 2. The van der Waals surface area contributed by atoms with E-state index >= 15 is 0 Å². The summed E-state index contributed by atoms with van der Waals surface area (Å²) in [6, 6.07) is 6.77. The molecule has 158 valence electrons. The molecule has 0 aliphatic carbocycles. The van der Waals surface area contributed by atoms with E-state index in [0.717, 1.165) is 6.07 Å². The molecule has 1 heterocycles. The first-order valence-corrected chi connectivity index (χ1v) is 9.75. The standard InChI is InChI=1S/C21H21ClF2N4O2/c1-11(2)10-28(21(30)25-14-5-7-18(24)17(22)9-14)12(3)19-15-6-4-13(23)8-16(15)20(29)27-26-19/h4-9,11-12H,10H2,1-3H3,(H,25,30)(H,27,29)/t12-/m1/s1. The van der Waals surface area contributed by atoms with Gasteiger partial charge >= 0.3 is 6.03 Å². The number of fused-ring (bicyclic) bond motifs is 1. The highest BCUT2D eigenvalue weighted by atomic mass is 35.5.